The molecule has 1 aromatic carbocycles. The van der Waals surface area contributed by atoms with Crippen LogP contribution < -0.4 is 10.6 Å². The Hall–Kier alpha value is -2.48. The van der Waals surface area contributed by atoms with E-state index in [1.165, 1.54) is 7.11 Å². The molecule has 2 rings (SSSR count). The van der Waals surface area contributed by atoms with Crippen LogP contribution in [0, 0.1) is 0 Å². The maximum atomic E-state index is 11.7. The van der Waals surface area contributed by atoms with E-state index in [0.717, 1.165) is 23.5 Å². The van der Waals surface area contributed by atoms with E-state index in [2.05, 4.69) is 24.7 Å². The third-order valence-corrected chi connectivity index (χ3v) is 3.19. The molecular formula is C13H14N4O3S. The average Bonchev–Trinajstić information content (AvgIpc) is 2.96. The molecule has 1 aromatic heterocycles. The average molecular weight is 306 g/mol. The largest absolute Gasteiger partial charge is 0.463 e. The van der Waals surface area contributed by atoms with Crippen molar-refractivity contribution in [2.45, 2.75) is 6.42 Å². The Morgan fingerprint density at radius 1 is 1.29 bits per heavy atom. The number of rotatable bonds is 5. The number of carbonyl (C=O) groups excluding carboxylic acids is 2. The van der Waals surface area contributed by atoms with Gasteiger partial charge in [0.05, 0.1) is 7.11 Å². The maximum Gasteiger partial charge on any atom is 0.377 e. The smallest absolute Gasteiger partial charge is 0.377 e. The summed E-state index contributed by atoms with van der Waals surface area (Å²) in [6.07, 6.45) is 0.734. The van der Waals surface area contributed by atoms with Crippen molar-refractivity contribution < 1.29 is 14.3 Å². The molecule has 0 unspecified atom stereocenters. The van der Waals surface area contributed by atoms with E-state index in [-0.39, 0.29) is 11.0 Å². The highest BCUT2D eigenvalue weighted by atomic mass is 32.1. The second-order valence-electron chi connectivity index (χ2n) is 4.03. The van der Waals surface area contributed by atoms with Crippen LogP contribution in [0.4, 0.5) is 9.93 Å². The molecule has 8 heteroatoms. The zero-order valence-electron chi connectivity index (χ0n) is 11.3. The van der Waals surface area contributed by atoms with Gasteiger partial charge in [-0.3, -0.25) is 5.32 Å². The molecule has 7 nitrogen and oxygen atoms in total. The second kappa shape index (κ2) is 7.34. The minimum Gasteiger partial charge on any atom is -0.463 e. The van der Waals surface area contributed by atoms with Gasteiger partial charge in [0.25, 0.3) is 5.82 Å². The van der Waals surface area contributed by atoms with Crippen molar-refractivity contribution in [1.82, 2.24) is 14.7 Å². The van der Waals surface area contributed by atoms with Crippen LogP contribution in [0.2, 0.25) is 0 Å². The van der Waals surface area contributed by atoms with Crippen LogP contribution in [-0.4, -0.2) is 35.0 Å². The summed E-state index contributed by atoms with van der Waals surface area (Å²) in [5, 5.41) is 5.46. The van der Waals surface area contributed by atoms with E-state index >= 15 is 0 Å². The maximum absolute atomic E-state index is 11.7. The Bertz CT molecular complexity index is 615. The Labute approximate surface area is 125 Å². The second-order valence-corrected chi connectivity index (χ2v) is 4.78. The van der Waals surface area contributed by atoms with E-state index in [1.54, 1.807) is 0 Å². The van der Waals surface area contributed by atoms with Crippen LogP contribution in [-0.2, 0) is 11.2 Å². The molecule has 0 aliphatic carbocycles. The van der Waals surface area contributed by atoms with E-state index in [9.17, 15) is 9.59 Å². The summed E-state index contributed by atoms with van der Waals surface area (Å²) in [5.74, 6) is -0.703. The van der Waals surface area contributed by atoms with Gasteiger partial charge in [-0.25, -0.2) is 9.59 Å². The third-order valence-electron chi connectivity index (χ3n) is 2.56. The quantitative estimate of drug-likeness (QED) is 0.820. The van der Waals surface area contributed by atoms with Crippen molar-refractivity contribution >= 4 is 28.7 Å². The van der Waals surface area contributed by atoms with Gasteiger partial charge in [0.15, 0.2) is 0 Å². The number of benzene rings is 1. The molecule has 2 aromatic rings. The van der Waals surface area contributed by atoms with E-state index in [1.807, 2.05) is 30.3 Å². The molecule has 0 fully saturated rings. The minimum atomic E-state index is -0.635. The third kappa shape index (κ3) is 4.53. The van der Waals surface area contributed by atoms with E-state index in [4.69, 9.17) is 0 Å². The number of aromatic nitrogens is 2. The normalized spacial score (nSPS) is 9.95. The van der Waals surface area contributed by atoms with Gasteiger partial charge in [-0.2, -0.15) is 9.36 Å². The van der Waals surface area contributed by atoms with E-state index in [0.29, 0.717) is 6.54 Å². The molecule has 0 saturated carbocycles. The van der Waals surface area contributed by atoms with Crippen molar-refractivity contribution in [2.24, 2.45) is 0 Å². The highest BCUT2D eigenvalue weighted by Gasteiger charge is 2.14. The Balaban J connectivity index is 1.77. The van der Waals surface area contributed by atoms with Crippen LogP contribution in [0.15, 0.2) is 30.3 Å². The first-order valence-corrected chi connectivity index (χ1v) is 6.97. The number of methoxy groups -OCH3 is 1. The van der Waals surface area contributed by atoms with Crippen LogP contribution in [0.25, 0.3) is 0 Å². The Morgan fingerprint density at radius 3 is 2.76 bits per heavy atom. The van der Waals surface area contributed by atoms with E-state index < -0.39 is 12.0 Å². The predicted molar refractivity (Wildman–Crippen MR) is 78.4 cm³/mol. The van der Waals surface area contributed by atoms with Crippen molar-refractivity contribution in [2.75, 3.05) is 19.0 Å². The number of nitrogens with zero attached hydrogens (tertiary/aromatic N) is 2. The molecule has 0 radical (unpaired) electrons. The van der Waals surface area contributed by atoms with Crippen molar-refractivity contribution in [3.8, 4) is 0 Å². The van der Waals surface area contributed by atoms with Gasteiger partial charge < -0.3 is 10.1 Å². The monoisotopic (exact) mass is 306 g/mol. The lowest BCUT2D eigenvalue weighted by molar-refractivity contribution is 0.0588. The number of esters is 1. The highest BCUT2D eigenvalue weighted by molar-refractivity contribution is 7.10. The van der Waals surface area contributed by atoms with Gasteiger partial charge in [-0.1, -0.05) is 30.3 Å². The Morgan fingerprint density at radius 2 is 2.05 bits per heavy atom. The summed E-state index contributed by atoms with van der Waals surface area (Å²) in [6.45, 7) is 0.499. The van der Waals surface area contributed by atoms with Crippen molar-refractivity contribution in [1.29, 1.82) is 0 Å². The lowest BCUT2D eigenvalue weighted by atomic mass is 10.1. The fraction of sp³-hybridized carbons (Fsp3) is 0.231. The SMILES string of the molecule is COC(=O)c1nsc(NC(=O)NCCc2ccccc2)n1. The summed E-state index contributed by atoms with van der Waals surface area (Å²) >= 11 is 0.918. The summed E-state index contributed by atoms with van der Waals surface area (Å²) in [7, 11) is 1.24. The standard InChI is InChI=1S/C13H14N4O3S/c1-20-11(18)10-15-13(21-17-10)16-12(19)14-8-7-9-5-3-2-4-6-9/h2-6H,7-8H2,1H3,(H2,14,15,16,17,19). The zero-order chi connectivity index (χ0) is 15.1. The van der Waals surface area contributed by atoms with Crippen LogP contribution in [0.3, 0.4) is 0 Å². The summed E-state index contributed by atoms with van der Waals surface area (Å²) in [5.41, 5.74) is 1.14. The van der Waals surface area contributed by atoms with Gasteiger partial charge in [-0.05, 0) is 12.0 Å². The Kier molecular flexibility index (Phi) is 5.22. The summed E-state index contributed by atoms with van der Waals surface area (Å²) in [6, 6.07) is 9.44. The van der Waals surface area contributed by atoms with Crippen LogP contribution in [0.1, 0.15) is 16.2 Å². The number of amides is 2. The zero-order valence-corrected chi connectivity index (χ0v) is 12.1. The molecular weight excluding hydrogens is 292 g/mol. The van der Waals surface area contributed by atoms with Gasteiger partial charge in [0.2, 0.25) is 5.13 Å². The van der Waals surface area contributed by atoms with Gasteiger partial charge in [0.1, 0.15) is 0 Å². The molecule has 2 amide bonds. The van der Waals surface area contributed by atoms with Gasteiger partial charge in [-0.15, -0.1) is 0 Å². The van der Waals surface area contributed by atoms with Gasteiger partial charge in [0, 0.05) is 18.1 Å². The molecule has 21 heavy (non-hydrogen) atoms. The number of hydrogen-bond donors (Lipinski definition) is 2. The number of ether oxygens (including phenoxy) is 1. The predicted octanol–water partition coefficient (Wildman–Crippen LogP) is 1.69. The minimum absolute atomic E-state index is 0.0675. The first kappa shape index (κ1) is 14.9. The molecule has 0 saturated heterocycles. The van der Waals surface area contributed by atoms with Gasteiger partial charge >= 0.3 is 12.0 Å². The lowest BCUT2D eigenvalue weighted by Crippen LogP contribution is -2.30. The molecule has 0 bridgehead atoms. The topological polar surface area (TPSA) is 93.2 Å². The number of nitrogens with one attached hydrogen (secondary N) is 2. The molecule has 0 spiro atoms. The fourth-order valence-electron chi connectivity index (χ4n) is 1.55. The van der Waals surface area contributed by atoms with Crippen molar-refractivity contribution in [3.05, 3.63) is 41.7 Å². The summed E-state index contributed by atoms with van der Waals surface area (Å²) < 4.78 is 8.26. The van der Waals surface area contributed by atoms with Crippen molar-refractivity contribution in [3.63, 3.8) is 0 Å². The highest BCUT2D eigenvalue weighted by Crippen LogP contribution is 2.11. The molecule has 0 aliphatic heterocycles. The number of hydrogen-bond acceptors (Lipinski definition) is 6. The van der Waals surface area contributed by atoms with Crippen LogP contribution >= 0.6 is 11.5 Å². The molecule has 0 atom stereocenters. The first-order chi connectivity index (χ1) is 10.2. The van der Waals surface area contributed by atoms with Crippen LogP contribution in [0.5, 0.6) is 0 Å². The first-order valence-electron chi connectivity index (χ1n) is 6.20. The molecule has 0 aliphatic rings. The molecule has 110 valence electrons. The number of carbonyl (C=O) groups is 2. The lowest BCUT2D eigenvalue weighted by Gasteiger charge is -2.05. The number of anilines is 1. The summed E-state index contributed by atoms with van der Waals surface area (Å²) in [4.78, 5) is 26.7. The fourth-order valence-corrected chi connectivity index (χ4v) is 2.11. The molecule has 2 N–H and O–H groups in total. The number of urea groups is 1. The molecule has 1 heterocycles.